The lowest BCUT2D eigenvalue weighted by molar-refractivity contribution is -0.688. The molecular formula is C15H14NO2+. The number of nitrogens with zero attached hydrogens (tertiary/aromatic N) is 1. The minimum absolute atomic E-state index is 0.0146. The molecule has 0 amide bonds. The zero-order chi connectivity index (χ0) is 13.0. The molecule has 18 heavy (non-hydrogen) atoms. The third-order valence-electron chi connectivity index (χ3n) is 2.74. The maximum atomic E-state index is 10.7. The van der Waals surface area contributed by atoms with E-state index >= 15 is 0 Å². The van der Waals surface area contributed by atoms with Gasteiger partial charge in [0.05, 0.1) is 5.56 Å². The summed E-state index contributed by atoms with van der Waals surface area (Å²) in [6, 6.07) is 8.97. The third-order valence-corrected chi connectivity index (χ3v) is 2.74. The molecule has 0 aliphatic heterocycles. The van der Waals surface area contributed by atoms with Gasteiger partial charge in [0.2, 0.25) is 0 Å². The highest BCUT2D eigenvalue weighted by Crippen LogP contribution is 2.16. The molecule has 0 radical (unpaired) electrons. The van der Waals surface area contributed by atoms with Gasteiger partial charge in [0, 0.05) is 17.7 Å². The van der Waals surface area contributed by atoms with Gasteiger partial charge in [0.1, 0.15) is 5.75 Å². The number of aromatic hydroxyl groups is 1. The summed E-state index contributed by atoms with van der Waals surface area (Å²) < 4.78 is 1.99. The summed E-state index contributed by atoms with van der Waals surface area (Å²) >= 11 is 0. The second-order valence-electron chi connectivity index (χ2n) is 4.02. The number of aromatic nitrogens is 1. The molecule has 0 unspecified atom stereocenters. The van der Waals surface area contributed by atoms with Crippen molar-refractivity contribution in [3.8, 4) is 5.75 Å². The fraction of sp³-hybridized carbons (Fsp3) is 0.0667. The van der Waals surface area contributed by atoms with Gasteiger partial charge in [-0.15, -0.1) is 0 Å². The van der Waals surface area contributed by atoms with E-state index in [0.717, 1.165) is 11.1 Å². The van der Waals surface area contributed by atoms with E-state index in [4.69, 9.17) is 0 Å². The van der Waals surface area contributed by atoms with Crippen LogP contribution in [0, 0.1) is 0 Å². The van der Waals surface area contributed by atoms with Crippen LogP contribution < -0.4 is 4.57 Å². The molecule has 0 atom stereocenters. The Kier molecular flexibility index (Phi) is 3.53. The quantitative estimate of drug-likeness (QED) is 0.657. The van der Waals surface area contributed by atoms with E-state index in [1.54, 1.807) is 18.2 Å². The molecule has 0 aliphatic rings. The lowest BCUT2D eigenvalue weighted by Gasteiger charge is -2.01. The van der Waals surface area contributed by atoms with Crippen molar-refractivity contribution in [1.82, 2.24) is 0 Å². The third kappa shape index (κ3) is 2.63. The van der Waals surface area contributed by atoms with Gasteiger partial charge in [-0.25, -0.2) is 4.57 Å². The fourth-order valence-corrected chi connectivity index (χ4v) is 1.72. The number of rotatable bonds is 4. The molecular weight excluding hydrogens is 226 g/mol. The highest BCUT2D eigenvalue weighted by molar-refractivity contribution is 5.79. The number of hydrogen-bond acceptors (Lipinski definition) is 2. The fourth-order valence-electron chi connectivity index (χ4n) is 1.72. The summed E-state index contributed by atoms with van der Waals surface area (Å²) in [4.78, 5) is 10.7. The Morgan fingerprint density at radius 1 is 1.22 bits per heavy atom. The van der Waals surface area contributed by atoms with Crippen LogP contribution in [-0.4, -0.2) is 11.4 Å². The molecule has 1 aromatic heterocycles. The van der Waals surface area contributed by atoms with E-state index in [9.17, 15) is 9.90 Å². The predicted molar refractivity (Wildman–Crippen MR) is 69.3 cm³/mol. The monoisotopic (exact) mass is 240 g/mol. The number of benzene rings is 1. The molecule has 3 nitrogen and oxygen atoms in total. The molecule has 0 saturated carbocycles. The minimum atomic E-state index is 0.0146. The minimum Gasteiger partial charge on any atom is -0.507 e. The van der Waals surface area contributed by atoms with Gasteiger partial charge in [-0.3, -0.25) is 4.79 Å². The van der Waals surface area contributed by atoms with Crippen molar-refractivity contribution in [1.29, 1.82) is 0 Å². The van der Waals surface area contributed by atoms with Crippen LogP contribution >= 0.6 is 0 Å². The zero-order valence-electron chi connectivity index (χ0n) is 9.91. The van der Waals surface area contributed by atoms with Crippen molar-refractivity contribution in [2.45, 2.75) is 6.54 Å². The standard InChI is InChI=1S/C15H13NO2/c1-2-12-5-7-16(8-6-12)10-13-3-4-15(18)14(9-13)11-17/h2-9,11H,1,10H2/p+1. The Balaban J connectivity index is 2.22. The average molecular weight is 240 g/mol. The van der Waals surface area contributed by atoms with Crippen molar-refractivity contribution in [2.75, 3.05) is 0 Å². The lowest BCUT2D eigenvalue weighted by atomic mass is 10.1. The van der Waals surface area contributed by atoms with Gasteiger partial charge in [-0.05, 0) is 23.8 Å². The van der Waals surface area contributed by atoms with E-state index < -0.39 is 0 Å². The highest BCUT2D eigenvalue weighted by atomic mass is 16.3. The van der Waals surface area contributed by atoms with Crippen molar-refractivity contribution in [3.63, 3.8) is 0 Å². The molecule has 90 valence electrons. The van der Waals surface area contributed by atoms with Crippen molar-refractivity contribution in [2.24, 2.45) is 0 Å². The molecule has 1 N–H and O–H groups in total. The van der Waals surface area contributed by atoms with Gasteiger partial charge in [-0.1, -0.05) is 12.7 Å². The second kappa shape index (κ2) is 5.27. The number of phenols is 1. The molecule has 2 rings (SSSR count). The molecule has 0 bridgehead atoms. The first kappa shape index (κ1) is 12.0. The number of pyridine rings is 1. The SMILES string of the molecule is C=Cc1cc[n+](Cc2ccc(O)c(C=O)c2)cc1. The van der Waals surface area contributed by atoms with E-state index in [-0.39, 0.29) is 5.75 Å². The van der Waals surface area contributed by atoms with E-state index in [0.29, 0.717) is 18.4 Å². The van der Waals surface area contributed by atoms with E-state index in [1.807, 2.05) is 29.1 Å². The summed E-state index contributed by atoms with van der Waals surface area (Å²) in [5.74, 6) is 0.0146. The molecule has 0 aliphatic carbocycles. The topological polar surface area (TPSA) is 41.2 Å². The molecule has 0 fully saturated rings. The maximum absolute atomic E-state index is 10.7. The van der Waals surface area contributed by atoms with Crippen LogP contribution in [0.4, 0.5) is 0 Å². The maximum Gasteiger partial charge on any atom is 0.173 e. The summed E-state index contributed by atoms with van der Waals surface area (Å²) in [6.07, 6.45) is 6.34. The van der Waals surface area contributed by atoms with Crippen LogP contribution in [-0.2, 0) is 6.54 Å². The van der Waals surface area contributed by atoms with Crippen LogP contribution in [0.15, 0.2) is 49.3 Å². The van der Waals surface area contributed by atoms with Crippen LogP contribution in [0.1, 0.15) is 21.5 Å². The first-order valence-corrected chi connectivity index (χ1v) is 5.61. The molecule has 0 spiro atoms. The van der Waals surface area contributed by atoms with Crippen molar-refractivity contribution in [3.05, 3.63) is 66.0 Å². The number of carbonyl (C=O) groups excluding carboxylic acids is 1. The Morgan fingerprint density at radius 3 is 2.56 bits per heavy atom. The van der Waals surface area contributed by atoms with Gasteiger partial charge in [0.25, 0.3) is 0 Å². The number of hydrogen-bond donors (Lipinski definition) is 1. The van der Waals surface area contributed by atoms with Crippen LogP contribution in [0.3, 0.4) is 0 Å². The summed E-state index contributed by atoms with van der Waals surface area (Å²) in [6.45, 7) is 4.35. The first-order chi connectivity index (χ1) is 8.72. The lowest BCUT2D eigenvalue weighted by Crippen LogP contribution is -2.33. The number of carbonyl (C=O) groups is 1. The van der Waals surface area contributed by atoms with Crippen molar-refractivity contribution < 1.29 is 14.5 Å². The van der Waals surface area contributed by atoms with Gasteiger partial charge in [-0.2, -0.15) is 0 Å². The summed E-state index contributed by atoms with van der Waals surface area (Å²) in [7, 11) is 0. The van der Waals surface area contributed by atoms with Gasteiger partial charge in [0.15, 0.2) is 25.2 Å². The van der Waals surface area contributed by atoms with Crippen LogP contribution in [0.2, 0.25) is 0 Å². The average Bonchev–Trinajstić information content (AvgIpc) is 2.42. The van der Waals surface area contributed by atoms with E-state index in [1.165, 1.54) is 6.07 Å². The molecule has 1 heterocycles. The van der Waals surface area contributed by atoms with Gasteiger partial charge >= 0.3 is 0 Å². The molecule has 2 aromatic rings. The largest absolute Gasteiger partial charge is 0.507 e. The summed E-state index contributed by atoms with van der Waals surface area (Å²) in [5, 5.41) is 9.42. The normalized spacial score (nSPS) is 10.0. The number of phenolic OH excluding ortho intramolecular Hbond substituents is 1. The Bertz CT molecular complexity index is 574. The Labute approximate surface area is 106 Å². The second-order valence-corrected chi connectivity index (χ2v) is 4.02. The molecule has 3 heteroatoms. The Hall–Kier alpha value is -2.42. The Morgan fingerprint density at radius 2 is 1.94 bits per heavy atom. The summed E-state index contributed by atoms with van der Waals surface area (Å²) in [5.41, 5.74) is 2.34. The van der Waals surface area contributed by atoms with Crippen molar-refractivity contribution >= 4 is 12.4 Å². The van der Waals surface area contributed by atoms with Crippen LogP contribution in [0.5, 0.6) is 5.75 Å². The highest BCUT2D eigenvalue weighted by Gasteiger charge is 2.06. The van der Waals surface area contributed by atoms with Crippen LogP contribution in [0.25, 0.3) is 6.08 Å². The first-order valence-electron chi connectivity index (χ1n) is 5.61. The van der Waals surface area contributed by atoms with Gasteiger partial charge < -0.3 is 5.11 Å². The molecule has 1 aromatic carbocycles. The molecule has 0 saturated heterocycles. The zero-order valence-corrected chi connectivity index (χ0v) is 9.91. The predicted octanol–water partition coefficient (Wildman–Crippen LogP) is 2.18. The van der Waals surface area contributed by atoms with E-state index in [2.05, 4.69) is 6.58 Å². The smallest absolute Gasteiger partial charge is 0.173 e. The number of aldehydes is 1.